The zero-order valence-corrected chi connectivity index (χ0v) is 13.0. The van der Waals surface area contributed by atoms with Crippen molar-refractivity contribution in [1.82, 2.24) is 5.32 Å². The van der Waals surface area contributed by atoms with Gasteiger partial charge in [0.05, 0.1) is 19.3 Å². The molecule has 0 bridgehead atoms. The quantitative estimate of drug-likeness (QED) is 0.485. The molecule has 0 unspecified atom stereocenters. The Morgan fingerprint density at radius 2 is 1.65 bits per heavy atom. The first-order valence-electron chi connectivity index (χ1n) is 6.47. The van der Waals surface area contributed by atoms with E-state index in [0.717, 1.165) is 26.3 Å². The number of hydrogen-bond donors (Lipinski definition) is 1. The monoisotopic (exact) mass is 263 g/mol. The van der Waals surface area contributed by atoms with Gasteiger partial charge in [-0.15, -0.1) is 11.8 Å². The highest BCUT2D eigenvalue weighted by Crippen LogP contribution is 2.29. The number of rotatable bonds is 10. The largest absolute Gasteiger partial charge is 0.377 e. The van der Waals surface area contributed by atoms with Gasteiger partial charge in [0.2, 0.25) is 0 Å². The maximum atomic E-state index is 5.83. The first kappa shape index (κ1) is 17.2. The van der Waals surface area contributed by atoms with Gasteiger partial charge < -0.3 is 14.8 Å². The van der Waals surface area contributed by atoms with Crippen LogP contribution in [0.1, 0.15) is 41.5 Å². The average Bonchev–Trinajstić information content (AvgIpc) is 2.13. The lowest BCUT2D eigenvalue weighted by atomic mass is 10.4. The minimum atomic E-state index is -0.0930. The molecule has 0 aromatic heterocycles. The van der Waals surface area contributed by atoms with Gasteiger partial charge in [0.25, 0.3) is 0 Å². The van der Waals surface area contributed by atoms with Crippen LogP contribution in [0.2, 0.25) is 0 Å². The summed E-state index contributed by atoms with van der Waals surface area (Å²) in [5.41, 5.74) is 0. The van der Waals surface area contributed by atoms with Crippen LogP contribution >= 0.6 is 11.8 Å². The minimum absolute atomic E-state index is 0.0930. The van der Waals surface area contributed by atoms with E-state index in [1.165, 1.54) is 0 Å². The lowest BCUT2D eigenvalue weighted by Gasteiger charge is -2.26. The summed E-state index contributed by atoms with van der Waals surface area (Å²) in [6.45, 7) is 16.0. The van der Waals surface area contributed by atoms with Crippen molar-refractivity contribution < 1.29 is 9.47 Å². The molecule has 0 fully saturated rings. The van der Waals surface area contributed by atoms with Crippen molar-refractivity contribution in [3.05, 3.63) is 0 Å². The Hall–Kier alpha value is 0.230. The summed E-state index contributed by atoms with van der Waals surface area (Å²) in [5.74, 6) is 0. The molecule has 0 aliphatic rings. The van der Waals surface area contributed by atoms with Crippen molar-refractivity contribution in [2.24, 2.45) is 0 Å². The van der Waals surface area contributed by atoms with Crippen molar-refractivity contribution in [3.63, 3.8) is 0 Å². The lowest BCUT2D eigenvalue weighted by molar-refractivity contribution is 0.0503. The van der Waals surface area contributed by atoms with Crippen LogP contribution < -0.4 is 5.32 Å². The van der Waals surface area contributed by atoms with Gasteiger partial charge in [0.15, 0.2) is 0 Å². The first-order chi connectivity index (χ1) is 7.83. The highest BCUT2D eigenvalue weighted by molar-refractivity contribution is 8.01. The molecule has 4 heteroatoms. The summed E-state index contributed by atoms with van der Waals surface area (Å²) in [7, 11) is 0. The van der Waals surface area contributed by atoms with Gasteiger partial charge in [0, 0.05) is 18.3 Å². The molecule has 3 nitrogen and oxygen atoms in total. The van der Waals surface area contributed by atoms with Gasteiger partial charge in [-0.2, -0.15) is 0 Å². The predicted octanol–water partition coefficient (Wildman–Crippen LogP) is 2.90. The SMILES string of the molecule is CC(C)OCCNCCOC(C)(C)SC(C)C. The number of nitrogens with one attached hydrogen (secondary N) is 1. The Kier molecular flexibility index (Phi) is 9.32. The number of ether oxygens (including phenoxy) is 2. The third kappa shape index (κ3) is 12.5. The van der Waals surface area contributed by atoms with Gasteiger partial charge in [-0.3, -0.25) is 0 Å². The number of hydrogen-bond acceptors (Lipinski definition) is 4. The molecule has 0 aromatic carbocycles. The van der Waals surface area contributed by atoms with E-state index in [1.807, 2.05) is 11.8 Å². The molecule has 0 amide bonds. The van der Waals surface area contributed by atoms with Gasteiger partial charge in [-0.25, -0.2) is 0 Å². The summed E-state index contributed by atoms with van der Waals surface area (Å²) < 4.78 is 11.3. The zero-order chi connectivity index (χ0) is 13.3. The highest BCUT2D eigenvalue weighted by atomic mass is 32.2. The van der Waals surface area contributed by atoms with Gasteiger partial charge >= 0.3 is 0 Å². The van der Waals surface area contributed by atoms with Gasteiger partial charge in [0.1, 0.15) is 4.93 Å². The molecule has 0 aromatic rings. The summed E-state index contributed by atoms with van der Waals surface area (Å²) >= 11 is 1.85. The Bertz CT molecular complexity index is 184. The van der Waals surface area contributed by atoms with Crippen molar-refractivity contribution in [2.45, 2.75) is 57.8 Å². The normalized spacial score (nSPS) is 12.7. The maximum Gasteiger partial charge on any atom is 0.108 e. The predicted molar refractivity (Wildman–Crippen MR) is 76.7 cm³/mol. The van der Waals surface area contributed by atoms with E-state index in [1.54, 1.807) is 0 Å². The summed E-state index contributed by atoms with van der Waals surface area (Å²) in [4.78, 5) is -0.0930. The van der Waals surface area contributed by atoms with E-state index >= 15 is 0 Å². The summed E-state index contributed by atoms with van der Waals surface area (Å²) in [6, 6.07) is 0. The van der Waals surface area contributed by atoms with Crippen molar-refractivity contribution >= 4 is 11.8 Å². The molecule has 0 saturated carbocycles. The first-order valence-corrected chi connectivity index (χ1v) is 7.35. The third-order valence-corrected chi connectivity index (χ3v) is 3.13. The fourth-order valence-electron chi connectivity index (χ4n) is 1.46. The Labute approximate surface area is 111 Å². The molecule has 0 radical (unpaired) electrons. The van der Waals surface area contributed by atoms with Crippen LogP contribution in [0.5, 0.6) is 0 Å². The Balaban J connectivity index is 3.38. The van der Waals surface area contributed by atoms with Crippen LogP contribution in [0, 0.1) is 0 Å². The topological polar surface area (TPSA) is 30.5 Å². The Morgan fingerprint density at radius 1 is 1.06 bits per heavy atom. The smallest absolute Gasteiger partial charge is 0.108 e. The highest BCUT2D eigenvalue weighted by Gasteiger charge is 2.19. The van der Waals surface area contributed by atoms with Gasteiger partial charge in [-0.05, 0) is 27.7 Å². The molecular weight excluding hydrogens is 234 g/mol. The van der Waals surface area contributed by atoms with Gasteiger partial charge in [-0.1, -0.05) is 13.8 Å². The van der Waals surface area contributed by atoms with E-state index < -0.39 is 0 Å². The minimum Gasteiger partial charge on any atom is -0.377 e. The molecule has 0 heterocycles. The third-order valence-electron chi connectivity index (χ3n) is 1.98. The fraction of sp³-hybridized carbons (Fsp3) is 1.00. The van der Waals surface area contributed by atoms with Crippen LogP contribution in [0.3, 0.4) is 0 Å². The molecule has 0 aliphatic carbocycles. The Morgan fingerprint density at radius 3 is 2.18 bits per heavy atom. The second-order valence-corrected chi connectivity index (χ2v) is 7.25. The summed E-state index contributed by atoms with van der Waals surface area (Å²) in [5, 5.41) is 3.90. The van der Waals surface area contributed by atoms with Crippen LogP contribution in [0.25, 0.3) is 0 Å². The molecule has 0 rings (SSSR count). The molecular formula is C13H29NO2S. The summed E-state index contributed by atoms with van der Waals surface area (Å²) in [6.07, 6.45) is 0.314. The number of thioether (sulfide) groups is 1. The lowest BCUT2D eigenvalue weighted by Crippen LogP contribution is -2.29. The zero-order valence-electron chi connectivity index (χ0n) is 12.2. The van der Waals surface area contributed by atoms with E-state index in [4.69, 9.17) is 9.47 Å². The van der Waals surface area contributed by atoms with E-state index in [2.05, 4.69) is 46.9 Å². The second kappa shape index (κ2) is 9.20. The standard InChI is InChI=1S/C13H29NO2S/c1-11(2)15-9-7-14-8-10-16-13(5,6)17-12(3)4/h11-12,14H,7-10H2,1-6H3. The molecule has 0 saturated heterocycles. The van der Waals surface area contributed by atoms with Crippen LogP contribution in [0.4, 0.5) is 0 Å². The fourth-order valence-corrected chi connectivity index (χ4v) is 2.75. The molecule has 1 N–H and O–H groups in total. The average molecular weight is 263 g/mol. The second-order valence-electron chi connectivity index (χ2n) is 5.08. The van der Waals surface area contributed by atoms with Crippen molar-refractivity contribution in [2.75, 3.05) is 26.3 Å². The molecule has 0 spiro atoms. The van der Waals surface area contributed by atoms with Crippen LogP contribution in [0.15, 0.2) is 0 Å². The van der Waals surface area contributed by atoms with Crippen molar-refractivity contribution in [1.29, 1.82) is 0 Å². The maximum absolute atomic E-state index is 5.83. The van der Waals surface area contributed by atoms with E-state index in [9.17, 15) is 0 Å². The van der Waals surface area contributed by atoms with E-state index in [0.29, 0.717) is 11.4 Å². The van der Waals surface area contributed by atoms with Crippen molar-refractivity contribution in [3.8, 4) is 0 Å². The molecule has 0 atom stereocenters. The van der Waals surface area contributed by atoms with E-state index in [-0.39, 0.29) is 4.93 Å². The van der Waals surface area contributed by atoms with Crippen LogP contribution in [-0.4, -0.2) is 42.6 Å². The van der Waals surface area contributed by atoms with Crippen LogP contribution in [-0.2, 0) is 9.47 Å². The molecule has 104 valence electrons. The molecule has 17 heavy (non-hydrogen) atoms. The molecule has 0 aliphatic heterocycles.